The maximum atomic E-state index is 10.5. The van der Waals surface area contributed by atoms with Crippen molar-refractivity contribution in [2.75, 3.05) is 13.1 Å². The molecule has 21 heavy (non-hydrogen) atoms. The van der Waals surface area contributed by atoms with Crippen molar-refractivity contribution in [1.82, 2.24) is 4.90 Å². The van der Waals surface area contributed by atoms with Crippen molar-refractivity contribution in [3.63, 3.8) is 0 Å². The second-order valence-corrected chi connectivity index (χ2v) is 6.21. The fourth-order valence-electron chi connectivity index (χ4n) is 2.46. The zero-order valence-corrected chi connectivity index (χ0v) is 14.0. The molecule has 0 saturated carbocycles. The van der Waals surface area contributed by atoms with Crippen molar-refractivity contribution < 1.29 is 5.11 Å². The summed E-state index contributed by atoms with van der Waals surface area (Å²) >= 11 is 3.46. The van der Waals surface area contributed by atoms with E-state index < -0.39 is 6.10 Å². The van der Waals surface area contributed by atoms with Crippen LogP contribution in [0.2, 0.25) is 0 Å². The average molecular weight is 348 g/mol. The number of benzene rings is 2. The molecule has 2 nitrogen and oxygen atoms in total. The second kappa shape index (κ2) is 8.32. The Bertz CT molecular complexity index is 544. The lowest BCUT2D eigenvalue weighted by Gasteiger charge is -2.25. The quantitative estimate of drug-likeness (QED) is 0.802. The SMILES string of the molecule is CCCN(Cc1ccccc1)CC(O)c1cccc(Br)c1. The normalized spacial score (nSPS) is 12.6. The van der Waals surface area contributed by atoms with Gasteiger partial charge in [-0.2, -0.15) is 0 Å². The first kappa shape index (κ1) is 16.2. The fraction of sp³-hybridized carbons (Fsp3) is 0.333. The summed E-state index contributed by atoms with van der Waals surface area (Å²) in [6.07, 6.45) is 0.621. The Hall–Kier alpha value is -1.16. The minimum atomic E-state index is -0.460. The van der Waals surface area contributed by atoms with Gasteiger partial charge in [0.15, 0.2) is 0 Å². The van der Waals surface area contributed by atoms with E-state index in [1.165, 1.54) is 5.56 Å². The maximum Gasteiger partial charge on any atom is 0.0917 e. The summed E-state index contributed by atoms with van der Waals surface area (Å²) in [7, 11) is 0. The van der Waals surface area contributed by atoms with Crippen molar-refractivity contribution >= 4 is 15.9 Å². The Labute approximate surface area is 135 Å². The smallest absolute Gasteiger partial charge is 0.0917 e. The zero-order valence-electron chi connectivity index (χ0n) is 12.4. The van der Waals surface area contributed by atoms with Crippen molar-refractivity contribution in [3.05, 3.63) is 70.2 Å². The molecule has 0 saturated heterocycles. The van der Waals surface area contributed by atoms with Crippen LogP contribution in [0.15, 0.2) is 59.1 Å². The Morgan fingerprint density at radius 2 is 1.86 bits per heavy atom. The van der Waals surface area contributed by atoms with Crippen molar-refractivity contribution in [1.29, 1.82) is 0 Å². The van der Waals surface area contributed by atoms with E-state index in [1.807, 2.05) is 30.3 Å². The Morgan fingerprint density at radius 3 is 2.52 bits per heavy atom. The molecule has 0 bridgehead atoms. The summed E-state index contributed by atoms with van der Waals surface area (Å²) in [5.41, 5.74) is 2.24. The lowest BCUT2D eigenvalue weighted by Crippen LogP contribution is -2.29. The summed E-state index contributed by atoms with van der Waals surface area (Å²) in [4.78, 5) is 2.31. The molecule has 0 aliphatic carbocycles. The molecule has 0 aliphatic rings. The van der Waals surface area contributed by atoms with E-state index in [0.29, 0.717) is 6.54 Å². The molecular weight excluding hydrogens is 326 g/mol. The molecule has 2 rings (SSSR count). The fourth-order valence-corrected chi connectivity index (χ4v) is 2.87. The summed E-state index contributed by atoms with van der Waals surface area (Å²) in [6.45, 7) is 4.68. The highest BCUT2D eigenvalue weighted by atomic mass is 79.9. The van der Waals surface area contributed by atoms with Crippen LogP contribution in [0, 0.1) is 0 Å². The van der Waals surface area contributed by atoms with Crippen LogP contribution in [0.5, 0.6) is 0 Å². The molecule has 2 aromatic carbocycles. The first-order valence-corrected chi connectivity index (χ1v) is 8.18. The van der Waals surface area contributed by atoms with Crippen molar-refractivity contribution in [2.45, 2.75) is 26.0 Å². The van der Waals surface area contributed by atoms with E-state index in [4.69, 9.17) is 0 Å². The lowest BCUT2D eigenvalue weighted by atomic mass is 10.1. The van der Waals surface area contributed by atoms with Crippen molar-refractivity contribution in [2.24, 2.45) is 0 Å². The molecule has 1 unspecified atom stereocenters. The van der Waals surface area contributed by atoms with Gasteiger partial charge in [-0.15, -0.1) is 0 Å². The summed E-state index contributed by atoms with van der Waals surface area (Å²) < 4.78 is 1.00. The van der Waals surface area contributed by atoms with Crippen LogP contribution in [0.1, 0.15) is 30.6 Å². The van der Waals surface area contributed by atoms with Crippen molar-refractivity contribution in [3.8, 4) is 0 Å². The van der Waals surface area contributed by atoms with E-state index in [1.54, 1.807) is 0 Å². The highest BCUT2D eigenvalue weighted by molar-refractivity contribution is 9.10. The van der Waals surface area contributed by atoms with E-state index in [2.05, 4.69) is 52.0 Å². The topological polar surface area (TPSA) is 23.5 Å². The number of hydrogen-bond donors (Lipinski definition) is 1. The molecule has 0 amide bonds. The molecule has 112 valence electrons. The van der Waals surface area contributed by atoms with E-state index in [-0.39, 0.29) is 0 Å². The van der Waals surface area contributed by atoms with Crippen LogP contribution in [0.3, 0.4) is 0 Å². The largest absolute Gasteiger partial charge is 0.387 e. The Kier molecular flexibility index (Phi) is 6.43. The average Bonchev–Trinajstić information content (AvgIpc) is 2.48. The minimum absolute atomic E-state index is 0.460. The number of hydrogen-bond acceptors (Lipinski definition) is 2. The van der Waals surface area contributed by atoms with Gasteiger partial charge in [-0.3, -0.25) is 4.90 Å². The van der Waals surface area contributed by atoms with E-state index >= 15 is 0 Å². The molecule has 0 heterocycles. The van der Waals surface area contributed by atoms with Gasteiger partial charge in [-0.1, -0.05) is 65.3 Å². The summed E-state index contributed by atoms with van der Waals surface area (Å²) in [5, 5.41) is 10.5. The molecule has 2 aromatic rings. The minimum Gasteiger partial charge on any atom is -0.387 e. The summed E-state index contributed by atoms with van der Waals surface area (Å²) in [5.74, 6) is 0. The molecule has 1 atom stereocenters. The Morgan fingerprint density at radius 1 is 1.10 bits per heavy atom. The molecule has 0 aliphatic heterocycles. The van der Waals surface area contributed by atoms with Crippen LogP contribution in [-0.2, 0) is 6.54 Å². The molecule has 0 aromatic heterocycles. The van der Waals surface area contributed by atoms with Gasteiger partial charge in [-0.05, 0) is 36.2 Å². The number of aliphatic hydroxyl groups excluding tert-OH is 1. The number of aliphatic hydroxyl groups is 1. The zero-order chi connectivity index (χ0) is 15.1. The van der Waals surface area contributed by atoms with Gasteiger partial charge in [0.2, 0.25) is 0 Å². The predicted molar refractivity (Wildman–Crippen MR) is 91.1 cm³/mol. The summed E-state index contributed by atoms with van der Waals surface area (Å²) in [6, 6.07) is 18.3. The van der Waals surface area contributed by atoms with Gasteiger partial charge in [0.1, 0.15) is 0 Å². The van der Waals surface area contributed by atoms with Gasteiger partial charge in [0.25, 0.3) is 0 Å². The van der Waals surface area contributed by atoms with Crippen LogP contribution < -0.4 is 0 Å². The highest BCUT2D eigenvalue weighted by Crippen LogP contribution is 2.20. The first-order valence-electron chi connectivity index (χ1n) is 7.39. The Balaban J connectivity index is 2.02. The van der Waals surface area contributed by atoms with Gasteiger partial charge in [0.05, 0.1) is 6.10 Å². The van der Waals surface area contributed by atoms with Crippen LogP contribution in [-0.4, -0.2) is 23.1 Å². The standard InChI is InChI=1S/C18H22BrNO/c1-2-11-20(13-15-7-4-3-5-8-15)14-18(21)16-9-6-10-17(19)12-16/h3-10,12,18,21H,2,11,13-14H2,1H3. The van der Waals surface area contributed by atoms with Crippen LogP contribution in [0.25, 0.3) is 0 Å². The van der Waals surface area contributed by atoms with Crippen LogP contribution >= 0.6 is 15.9 Å². The molecule has 3 heteroatoms. The molecular formula is C18H22BrNO. The third-order valence-corrected chi connectivity index (χ3v) is 3.95. The number of rotatable bonds is 7. The predicted octanol–water partition coefficient (Wildman–Crippen LogP) is 4.39. The van der Waals surface area contributed by atoms with E-state index in [0.717, 1.165) is 29.5 Å². The number of nitrogens with zero attached hydrogens (tertiary/aromatic N) is 1. The molecule has 0 spiro atoms. The highest BCUT2D eigenvalue weighted by Gasteiger charge is 2.13. The number of halogens is 1. The maximum absolute atomic E-state index is 10.5. The van der Waals surface area contributed by atoms with Gasteiger partial charge >= 0.3 is 0 Å². The third-order valence-electron chi connectivity index (χ3n) is 3.45. The van der Waals surface area contributed by atoms with Gasteiger partial charge in [-0.25, -0.2) is 0 Å². The molecule has 1 N–H and O–H groups in total. The molecule has 0 fully saturated rings. The van der Waals surface area contributed by atoms with Crippen LogP contribution in [0.4, 0.5) is 0 Å². The lowest BCUT2D eigenvalue weighted by molar-refractivity contribution is 0.109. The van der Waals surface area contributed by atoms with Gasteiger partial charge < -0.3 is 5.11 Å². The first-order chi connectivity index (χ1) is 10.2. The monoisotopic (exact) mass is 347 g/mol. The second-order valence-electron chi connectivity index (χ2n) is 5.29. The molecule has 0 radical (unpaired) electrons. The third kappa shape index (κ3) is 5.27. The van der Waals surface area contributed by atoms with Gasteiger partial charge in [0, 0.05) is 17.6 Å². The van der Waals surface area contributed by atoms with E-state index in [9.17, 15) is 5.11 Å².